The number of rotatable bonds is 3. The van der Waals surface area contributed by atoms with Gasteiger partial charge in [0.2, 0.25) is 11.1 Å². The summed E-state index contributed by atoms with van der Waals surface area (Å²) in [7, 11) is 0. The Balaban J connectivity index is 1.89. The molecule has 2 aliphatic rings. The molecule has 23 heavy (non-hydrogen) atoms. The van der Waals surface area contributed by atoms with E-state index in [9.17, 15) is 4.79 Å². The van der Waals surface area contributed by atoms with E-state index in [0.717, 1.165) is 41.0 Å². The second kappa shape index (κ2) is 5.79. The summed E-state index contributed by atoms with van der Waals surface area (Å²) in [5.74, 6) is 1.92. The highest BCUT2D eigenvalue weighted by atomic mass is 32.2. The molecule has 2 aromatic heterocycles. The molecule has 0 aromatic carbocycles. The van der Waals surface area contributed by atoms with Gasteiger partial charge in [-0.3, -0.25) is 4.79 Å². The van der Waals surface area contributed by atoms with E-state index >= 15 is 0 Å². The van der Waals surface area contributed by atoms with E-state index in [4.69, 9.17) is 0 Å². The number of anilines is 1. The summed E-state index contributed by atoms with van der Waals surface area (Å²) in [4.78, 5) is 18.4. The number of allylic oxidation sites excluding steroid dienone is 2. The van der Waals surface area contributed by atoms with Crippen LogP contribution in [0.5, 0.6) is 0 Å². The van der Waals surface area contributed by atoms with Crippen molar-refractivity contribution in [2.24, 2.45) is 0 Å². The molecule has 1 aliphatic carbocycles. The maximum Gasteiger partial charge on any atom is 0.227 e. The first-order valence-electron chi connectivity index (χ1n) is 7.85. The van der Waals surface area contributed by atoms with Gasteiger partial charge in [0, 0.05) is 22.6 Å². The number of Topliss-reactive ketones (excluding diaryl/α,β-unsaturated/α-hetero) is 1. The third-order valence-corrected chi connectivity index (χ3v) is 6.06. The van der Waals surface area contributed by atoms with E-state index in [-0.39, 0.29) is 11.8 Å². The van der Waals surface area contributed by atoms with Crippen LogP contribution in [0.2, 0.25) is 0 Å². The zero-order valence-electron chi connectivity index (χ0n) is 13.1. The fourth-order valence-corrected chi connectivity index (χ4v) is 4.81. The molecular weight excluding hydrogens is 328 g/mol. The summed E-state index contributed by atoms with van der Waals surface area (Å²) in [5, 5.41) is 10.9. The van der Waals surface area contributed by atoms with Crippen LogP contribution in [0.1, 0.15) is 42.7 Å². The van der Waals surface area contributed by atoms with Crippen LogP contribution in [0.25, 0.3) is 0 Å². The third-order valence-electron chi connectivity index (χ3n) is 4.27. The zero-order chi connectivity index (χ0) is 16.0. The maximum atomic E-state index is 12.6. The molecular formula is C16H18N4OS2. The lowest BCUT2D eigenvalue weighted by Gasteiger charge is -2.31. The molecule has 120 valence electrons. The zero-order valence-corrected chi connectivity index (χ0v) is 14.8. The van der Waals surface area contributed by atoms with Crippen LogP contribution in [0.15, 0.2) is 27.9 Å². The smallest absolute Gasteiger partial charge is 0.227 e. The average Bonchev–Trinajstić information content (AvgIpc) is 3.11. The highest BCUT2D eigenvalue weighted by molar-refractivity contribution is 7.99. The number of carbonyl (C=O) groups excluding carboxylic acids is 1. The minimum absolute atomic E-state index is 0.132. The van der Waals surface area contributed by atoms with Gasteiger partial charge < -0.3 is 5.32 Å². The van der Waals surface area contributed by atoms with Gasteiger partial charge in [-0.05, 0) is 42.5 Å². The number of carbonyl (C=O) groups is 1. The molecule has 1 aliphatic heterocycles. The average molecular weight is 346 g/mol. The molecule has 2 aromatic rings. The number of aromatic nitrogens is 3. The van der Waals surface area contributed by atoms with Gasteiger partial charge in [-0.15, -0.1) is 16.4 Å². The Hall–Kier alpha value is -1.60. The Labute approximate surface area is 143 Å². The van der Waals surface area contributed by atoms with Crippen molar-refractivity contribution in [2.45, 2.75) is 44.3 Å². The van der Waals surface area contributed by atoms with Crippen LogP contribution in [-0.2, 0) is 4.79 Å². The Kier molecular flexibility index (Phi) is 3.77. The van der Waals surface area contributed by atoms with Crippen molar-refractivity contribution in [3.63, 3.8) is 0 Å². The van der Waals surface area contributed by atoms with Crippen molar-refractivity contribution < 1.29 is 4.79 Å². The Morgan fingerprint density at radius 3 is 3.09 bits per heavy atom. The van der Waals surface area contributed by atoms with Crippen LogP contribution < -0.4 is 5.32 Å². The number of hydrogen-bond donors (Lipinski definition) is 1. The summed E-state index contributed by atoms with van der Waals surface area (Å²) < 4.78 is 1.90. The summed E-state index contributed by atoms with van der Waals surface area (Å²) in [5.41, 5.74) is 3.12. The van der Waals surface area contributed by atoms with Crippen molar-refractivity contribution in [3.8, 4) is 0 Å². The summed E-state index contributed by atoms with van der Waals surface area (Å²) in [6, 6.07) is 1.97. The van der Waals surface area contributed by atoms with Gasteiger partial charge in [-0.25, -0.2) is 4.68 Å². The Bertz CT molecular complexity index is 805. The SMILES string of the molecule is CCSc1nc2n(n1)[C@@H](c1sccc1C)C1=C(CCCC1=O)N2. The standard InChI is InChI=1S/C16H18N4OS2/c1-3-22-16-18-15-17-10-5-4-6-11(21)12(10)13(20(15)19-16)14-9(2)7-8-23-14/h7-8,13H,3-6H2,1-2H3,(H,17,18,19)/t13-/m1/s1. The van der Waals surface area contributed by atoms with E-state index in [1.807, 2.05) is 4.68 Å². The molecule has 0 bridgehead atoms. The molecule has 0 saturated heterocycles. The van der Waals surface area contributed by atoms with Crippen molar-refractivity contribution in [3.05, 3.63) is 33.2 Å². The number of nitrogens with zero attached hydrogens (tertiary/aromatic N) is 3. The molecule has 1 atom stereocenters. The van der Waals surface area contributed by atoms with Crippen molar-refractivity contribution in [1.29, 1.82) is 0 Å². The molecule has 0 fully saturated rings. The molecule has 0 saturated carbocycles. The lowest BCUT2D eigenvalue weighted by Crippen LogP contribution is -2.31. The summed E-state index contributed by atoms with van der Waals surface area (Å²) in [6.07, 6.45) is 2.44. The highest BCUT2D eigenvalue weighted by Crippen LogP contribution is 2.42. The van der Waals surface area contributed by atoms with Gasteiger partial charge >= 0.3 is 0 Å². The van der Waals surface area contributed by atoms with Gasteiger partial charge in [0.15, 0.2) is 5.78 Å². The molecule has 3 heterocycles. The number of thiophene rings is 1. The maximum absolute atomic E-state index is 12.6. The molecule has 7 heteroatoms. The predicted octanol–water partition coefficient (Wildman–Crippen LogP) is 3.78. The summed E-state index contributed by atoms with van der Waals surface area (Å²) >= 11 is 3.31. The first-order chi connectivity index (χ1) is 11.2. The normalized spacial score (nSPS) is 20.3. The number of thioether (sulfide) groups is 1. The third kappa shape index (κ3) is 2.42. The van der Waals surface area contributed by atoms with Gasteiger partial charge in [-0.1, -0.05) is 18.7 Å². The van der Waals surface area contributed by atoms with E-state index in [0.29, 0.717) is 6.42 Å². The first kappa shape index (κ1) is 15.0. The van der Waals surface area contributed by atoms with Crippen molar-refractivity contribution >= 4 is 34.8 Å². The lowest BCUT2D eigenvalue weighted by atomic mass is 9.87. The largest absolute Gasteiger partial charge is 0.328 e. The highest BCUT2D eigenvalue weighted by Gasteiger charge is 2.37. The second-order valence-corrected chi connectivity index (χ2v) is 7.94. The molecule has 0 spiro atoms. The molecule has 5 nitrogen and oxygen atoms in total. The quantitative estimate of drug-likeness (QED) is 0.857. The Morgan fingerprint density at radius 2 is 2.35 bits per heavy atom. The van der Waals surface area contributed by atoms with Crippen molar-refractivity contribution in [1.82, 2.24) is 14.8 Å². The molecule has 1 N–H and O–H groups in total. The molecule has 0 radical (unpaired) electrons. The summed E-state index contributed by atoms with van der Waals surface area (Å²) in [6.45, 7) is 4.19. The number of ketones is 1. The van der Waals surface area contributed by atoms with E-state index in [1.165, 1.54) is 10.4 Å². The molecule has 4 rings (SSSR count). The van der Waals surface area contributed by atoms with Crippen LogP contribution in [0.3, 0.4) is 0 Å². The fourth-order valence-electron chi connectivity index (χ4n) is 3.23. The van der Waals surface area contributed by atoms with Crippen LogP contribution in [0, 0.1) is 6.92 Å². The van der Waals surface area contributed by atoms with Gasteiger partial charge in [0.05, 0.1) is 0 Å². The van der Waals surface area contributed by atoms with Crippen LogP contribution >= 0.6 is 23.1 Å². The van der Waals surface area contributed by atoms with Gasteiger partial charge in [0.1, 0.15) is 6.04 Å². The van der Waals surface area contributed by atoms with Crippen molar-refractivity contribution in [2.75, 3.05) is 11.1 Å². The first-order valence-corrected chi connectivity index (χ1v) is 9.72. The minimum atomic E-state index is -0.132. The number of nitrogens with one attached hydrogen (secondary N) is 1. The Morgan fingerprint density at radius 1 is 1.48 bits per heavy atom. The van der Waals surface area contributed by atoms with E-state index < -0.39 is 0 Å². The predicted molar refractivity (Wildman–Crippen MR) is 93.1 cm³/mol. The number of aryl methyl sites for hydroxylation is 1. The van der Waals surface area contributed by atoms with E-state index in [1.54, 1.807) is 23.1 Å². The topological polar surface area (TPSA) is 59.8 Å². The fraction of sp³-hybridized carbons (Fsp3) is 0.438. The van der Waals surface area contributed by atoms with Gasteiger partial charge in [-0.2, -0.15) is 4.98 Å². The van der Waals surface area contributed by atoms with Crippen LogP contribution in [-0.4, -0.2) is 26.3 Å². The molecule has 0 amide bonds. The monoisotopic (exact) mass is 346 g/mol. The second-order valence-electron chi connectivity index (χ2n) is 5.76. The minimum Gasteiger partial charge on any atom is -0.328 e. The number of hydrogen-bond acceptors (Lipinski definition) is 6. The van der Waals surface area contributed by atoms with E-state index in [2.05, 4.69) is 40.7 Å². The number of fused-ring (bicyclic) bond motifs is 1. The van der Waals surface area contributed by atoms with Gasteiger partial charge in [0.25, 0.3) is 0 Å². The van der Waals surface area contributed by atoms with Crippen LogP contribution in [0.4, 0.5) is 5.95 Å². The lowest BCUT2D eigenvalue weighted by molar-refractivity contribution is -0.116. The molecule has 0 unspecified atom stereocenters.